The molecule has 262 valence electrons. The minimum Gasteiger partial charge on any atom is -0.455 e. The molecule has 2 aromatic rings. The summed E-state index contributed by atoms with van der Waals surface area (Å²) in [4.78, 5) is 59.1. The van der Waals surface area contributed by atoms with E-state index in [9.17, 15) is 24.3 Å². The van der Waals surface area contributed by atoms with Gasteiger partial charge in [0, 0.05) is 26.1 Å². The van der Waals surface area contributed by atoms with Crippen molar-refractivity contribution in [1.82, 2.24) is 10.2 Å². The summed E-state index contributed by atoms with van der Waals surface area (Å²) < 4.78 is 12.8. The molecule has 2 aromatic carbocycles. The summed E-state index contributed by atoms with van der Waals surface area (Å²) in [5, 5.41) is 12.6. The van der Waals surface area contributed by atoms with Crippen LogP contribution >= 0.6 is 11.6 Å². The van der Waals surface area contributed by atoms with Crippen molar-refractivity contribution in [1.29, 1.82) is 0 Å². The van der Waals surface area contributed by atoms with E-state index in [1.165, 1.54) is 0 Å². The van der Waals surface area contributed by atoms with Crippen LogP contribution in [-0.2, 0) is 28.7 Å². The number of nitrogens with zero attached hydrogens (tertiary/aromatic N) is 2. The molecule has 1 spiro atoms. The summed E-state index contributed by atoms with van der Waals surface area (Å²) in [5.41, 5.74) is 0.781. The summed E-state index contributed by atoms with van der Waals surface area (Å²) in [5.74, 6) is -3.33. The van der Waals surface area contributed by atoms with Crippen molar-refractivity contribution in [3.05, 3.63) is 90.0 Å². The Morgan fingerprint density at radius 3 is 2.61 bits per heavy atom. The average Bonchev–Trinajstić information content (AvgIpc) is 3.74. The van der Waals surface area contributed by atoms with Crippen LogP contribution in [0, 0.1) is 18.8 Å². The molecule has 0 unspecified atom stereocenters. The minimum atomic E-state index is -1.24. The van der Waals surface area contributed by atoms with Crippen molar-refractivity contribution in [3.63, 3.8) is 0 Å². The highest BCUT2D eigenvalue weighted by atomic mass is 35.5. The summed E-state index contributed by atoms with van der Waals surface area (Å²) in [6.07, 6.45) is 5.34. The van der Waals surface area contributed by atoms with E-state index in [0.29, 0.717) is 54.8 Å². The second kappa shape index (κ2) is 16.1. The Balaban J connectivity index is 1.47. The number of aliphatic hydroxyl groups excluding tert-OH is 1. The number of carbonyl (C=O) groups is 4. The van der Waals surface area contributed by atoms with Crippen LogP contribution in [0.5, 0.6) is 0 Å². The summed E-state index contributed by atoms with van der Waals surface area (Å²) in [7, 11) is 0. The van der Waals surface area contributed by atoms with Gasteiger partial charge < -0.3 is 29.7 Å². The third-order valence-electron chi connectivity index (χ3n) is 9.89. The number of carbonyl (C=O) groups excluding carboxylic acids is 4. The number of likely N-dealkylation sites (tertiary alicyclic amines) is 1. The van der Waals surface area contributed by atoms with E-state index in [1.807, 2.05) is 49.4 Å². The van der Waals surface area contributed by atoms with Crippen LogP contribution in [0.2, 0.25) is 5.02 Å². The fourth-order valence-corrected chi connectivity index (χ4v) is 8.01. The van der Waals surface area contributed by atoms with E-state index in [1.54, 1.807) is 28.0 Å². The molecule has 0 radical (unpaired) electrons. The number of allylic oxidation sites excluding steroid dienone is 1. The van der Waals surface area contributed by atoms with Crippen LogP contribution in [0.4, 0.5) is 5.69 Å². The number of fused-ring (bicyclic) bond motifs is 1. The van der Waals surface area contributed by atoms with Crippen molar-refractivity contribution in [2.45, 2.75) is 75.7 Å². The Labute approximate surface area is 293 Å². The lowest BCUT2D eigenvalue weighted by Crippen LogP contribution is -2.56. The van der Waals surface area contributed by atoms with Gasteiger partial charge in [-0.05, 0) is 62.6 Å². The Hall–Kier alpha value is -3.99. The van der Waals surface area contributed by atoms with E-state index in [-0.39, 0.29) is 50.4 Å². The van der Waals surface area contributed by atoms with Crippen molar-refractivity contribution < 1.29 is 33.8 Å². The van der Waals surface area contributed by atoms with Gasteiger partial charge in [-0.3, -0.25) is 19.2 Å². The first-order valence-electron chi connectivity index (χ1n) is 17.1. The number of aliphatic hydroxyl groups is 1. The highest BCUT2D eigenvalue weighted by Gasteiger charge is 2.75. The molecular formula is C38H46ClN3O7. The van der Waals surface area contributed by atoms with E-state index < -0.39 is 41.7 Å². The quantitative estimate of drug-likeness (QED) is 0.135. The third kappa shape index (κ3) is 7.32. The molecule has 5 rings (SSSR count). The van der Waals surface area contributed by atoms with E-state index in [0.717, 1.165) is 5.56 Å². The number of amides is 3. The zero-order valence-electron chi connectivity index (χ0n) is 28.0. The van der Waals surface area contributed by atoms with Crippen molar-refractivity contribution >= 4 is 41.0 Å². The number of benzene rings is 2. The molecule has 0 aliphatic carbocycles. The molecule has 11 heteroatoms. The molecule has 2 bridgehead atoms. The Morgan fingerprint density at radius 2 is 1.92 bits per heavy atom. The van der Waals surface area contributed by atoms with E-state index in [4.69, 9.17) is 21.1 Å². The lowest BCUT2D eigenvalue weighted by atomic mass is 9.70. The lowest BCUT2D eigenvalue weighted by Gasteiger charge is -2.37. The van der Waals surface area contributed by atoms with Gasteiger partial charge in [-0.1, -0.05) is 66.2 Å². The molecule has 49 heavy (non-hydrogen) atoms. The maximum Gasteiger partial charge on any atom is 0.313 e. The normalized spacial score (nSPS) is 24.3. The monoisotopic (exact) mass is 691 g/mol. The topological polar surface area (TPSA) is 125 Å². The molecule has 3 amide bonds. The van der Waals surface area contributed by atoms with Gasteiger partial charge >= 0.3 is 5.97 Å². The number of para-hydroxylation sites is 1. The average molecular weight is 692 g/mol. The van der Waals surface area contributed by atoms with Gasteiger partial charge in [-0.15, -0.1) is 13.2 Å². The molecule has 10 nitrogen and oxygen atoms in total. The predicted octanol–water partition coefficient (Wildman–Crippen LogP) is 5.07. The smallest absolute Gasteiger partial charge is 0.313 e. The van der Waals surface area contributed by atoms with Gasteiger partial charge in [0.25, 0.3) is 5.91 Å². The van der Waals surface area contributed by atoms with E-state index >= 15 is 0 Å². The zero-order valence-corrected chi connectivity index (χ0v) is 28.8. The number of hydrogen-bond acceptors (Lipinski definition) is 7. The van der Waals surface area contributed by atoms with Gasteiger partial charge in [-0.25, -0.2) is 0 Å². The number of anilines is 1. The molecule has 0 aromatic heterocycles. The molecule has 3 fully saturated rings. The van der Waals surface area contributed by atoms with Crippen LogP contribution < -0.4 is 10.2 Å². The molecular weight excluding hydrogens is 646 g/mol. The summed E-state index contributed by atoms with van der Waals surface area (Å²) >= 11 is 6.66. The standard InChI is InChI=1S/C38H46ClN3O7/c1-4-6-18-30(44)40-24-29(26-15-9-7-10-16-26)48-37(47)31-28-19-20-38(49-28)32(31)35(45)42(22-11-8-12-23-43)34(38)36(46)41(21-5-2)33-25(3)14-13-17-27(33)39/h4-5,7,9-10,13-17,28-29,31-32,34,43H,1-2,6,8,11-12,18-24H2,3H3,(H,40,44)/t28-,29+,31+,32+,34-,38+/m0/s1. The largest absolute Gasteiger partial charge is 0.455 e. The van der Waals surface area contributed by atoms with E-state index in [2.05, 4.69) is 18.5 Å². The number of hydrogen-bond donors (Lipinski definition) is 2. The van der Waals surface area contributed by atoms with Crippen LogP contribution in [0.1, 0.15) is 62.2 Å². The van der Waals surface area contributed by atoms with Gasteiger partial charge in [0.1, 0.15) is 17.7 Å². The van der Waals surface area contributed by atoms with Crippen molar-refractivity contribution in [3.8, 4) is 0 Å². The molecule has 6 atom stereocenters. The first-order chi connectivity index (χ1) is 23.7. The van der Waals surface area contributed by atoms with Gasteiger partial charge in [0.15, 0.2) is 0 Å². The third-order valence-corrected chi connectivity index (χ3v) is 10.2. The maximum absolute atomic E-state index is 14.8. The lowest BCUT2D eigenvalue weighted by molar-refractivity contribution is -0.160. The number of esters is 1. The van der Waals surface area contributed by atoms with Crippen LogP contribution in [0.25, 0.3) is 0 Å². The zero-order chi connectivity index (χ0) is 35.1. The number of ether oxygens (including phenoxy) is 2. The maximum atomic E-state index is 14.8. The van der Waals surface area contributed by atoms with Gasteiger partial charge in [0.05, 0.1) is 35.2 Å². The molecule has 2 N–H and O–H groups in total. The molecule has 3 saturated heterocycles. The Kier molecular flexibility index (Phi) is 12.0. The SMILES string of the molecule is C=CCCC(=O)NC[C@@H](OC(=O)[C@@H]1[C@@H]2CC[C@]3(O2)[C@H](C(=O)N(CC=C)c2c(C)cccc2Cl)N(CCCCCO)C(=O)[C@@H]13)c1ccccc1. The van der Waals surface area contributed by atoms with Crippen LogP contribution in [0.15, 0.2) is 73.8 Å². The highest BCUT2D eigenvalue weighted by molar-refractivity contribution is 6.34. The number of aryl methyl sites for hydroxylation is 1. The highest BCUT2D eigenvalue weighted by Crippen LogP contribution is 2.59. The number of nitrogens with one attached hydrogen (secondary N) is 1. The molecule has 0 saturated carbocycles. The second-order valence-electron chi connectivity index (χ2n) is 13.0. The number of unbranched alkanes of at least 4 members (excludes halogenated alkanes) is 2. The Bertz CT molecular complexity index is 1530. The van der Waals surface area contributed by atoms with Crippen LogP contribution in [-0.4, -0.2) is 77.7 Å². The first-order valence-corrected chi connectivity index (χ1v) is 17.5. The number of halogens is 1. The molecule has 3 heterocycles. The fraction of sp³-hybridized carbons (Fsp3) is 0.474. The predicted molar refractivity (Wildman–Crippen MR) is 187 cm³/mol. The molecule has 3 aliphatic heterocycles. The fourth-order valence-electron chi connectivity index (χ4n) is 7.69. The van der Waals surface area contributed by atoms with Gasteiger partial charge in [-0.2, -0.15) is 0 Å². The molecule has 3 aliphatic rings. The van der Waals surface area contributed by atoms with Crippen molar-refractivity contribution in [2.75, 3.05) is 31.1 Å². The first kappa shape index (κ1) is 36.3. The summed E-state index contributed by atoms with van der Waals surface area (Å²) in [6.45, 7) is 9.90. The minimum absolute atomic E-state index is 0.0256. The van der Waals surface area contributed by atoms with Gasteiger partial charge in [0.2, 0.25) is 11.8 Å². The second-order valence-corrected chi connectivity index (χ2v) is 13.4. The summed E-state index contributed by atoms with van der Waals surface area (Å²) in [6, 6.07) is 13.5. The Morgan fingerprint density at radius 1 is 1.14 bits per heavy atom. The number of rotatable bonds is 17. The van der Waals surface area contributed by atoms with Crippen LogP contribution in [0.3, 0.4) is 0 Å². The van der Waals surface area contributed by atoms with Crippen molar-refractivity contribution in [2.24, 2.45) is 11.8 Å².